The quantitative estimate of drug-likeness (QED) is 0.750. The van der Waals surface area contributed by atoms with E-state index in [1.54, 1.807) is 0 Å². The van der Waals surface area contributed by atoms with Crippen LogP contribution in [0, 0.1) is 5.92 Å². The molecule has 0 spiro atoms. The second-order valence-corrected chi connectivity index (χ2v) is 5.27. The SMILES string of the molecule is CC[C@H]1CC[C@H](NC2CCCC2)CC1.N. The third-order valence-corrected chi connectivity index (χ3v) is 4.25. The first-order valence-corrected chi connectivity index (χ1v) is 6.64. The zero-order chi connectivity index (χ0) is 9.80. The van der Waals surface area contributed by atoms with Gasteiger partial charge in [0.15, 0.2) is 0 Å². The standard InChI is InChI=1S/C13H25N.H3N/c1-2-11-7-9-13(10-8-11)14-12-5-3-4-6-12;/h11-14H,2-10H2,1H3;1H3/t11-,13-;. The van der Waals surface area contributed by atoms with E-state index in [0.717, 1.165) is 18.0 Å². The number of hydrogen-bond acceptors (Lipinski definition) is 2. The molecule has 2 nitrogen and oxygen atoms in total. The van der Waals surface area contributed by atoms with E-state index in [-0.39, 0.29) is 6.15 Å². The minimum Gasteiger partial charge on any atom is -0.344 e. The van der Waals surface area contributed by atoms with Gasteiger partial charge in [0.25, 0.3) is 0 Å². The molecule has 2 aliphatic rings. The molecule has 2 heteroatoms. The monoisotopic (exact) mass is 212 g/mol. The van der Waals surface area contributed by atoms with E-state index in [9.17, 15) is 0 Å². The molecular weight excluding hydrogens is 184 g/mol. The molecule has 0 aliphatic heterocycles. The molecule has 4 N–H and O–H groups in total. The van der Waals surface area contributed by atoms with Crippen LogP contribution in [0.15, 0.2) is 0 Å². The molecule has 0 aromatic heterocycles. The van der Waals surface area contributed by atoms with Gasteiger partial charge < -0.3 is 11.5 Å². The van der Waals surface area contributed by atoms with Crippen LogP contribution in [0.5, 0.6) is 0 Å². The summed E-state index contributed by atoms with van der Waals surface area (Å²) >= 11 is 0. The number of rotatable bonds is 3. The van der Waals surface area contributed by atoms with E-state index in [4.69, 9.17) is 0 Å². The third kappa shape index (κ3) is 3.76. The van der Waals surface area contributed by atoms with Gasteiger partial charge in [-0.3, -0.25) is 0 Å². The lowest BCUT2D eigenvalue weighted by molar-refractivity contribution is 0.269. The minimum absolute atomic E-state index is 0. The first kappa shape index (κ1) is 13.0. The molecular formula is C13H28N2. The van der Waals surface area contributed by atoms with Gasteiger partial charge in [-0.05, 0) is 44.4 Å². The van der Waals surface area contributed by atoms with Crippen LogP contribution in [-0.4, -0.2) is 12.1 Å². The molecule has 0 amide bonds. The predicted octanol–water partition coefficient (Wildman–Crippen LogP) is 3.65. The Balaban J connectivity index is 0.00000112. The third-order valence-electron chi connectivity index (χ3n) is 4.25. The van der Waals surface area contributed by atoms with Crippen molar-refractivity contribution in [1.82, 2.24) is 11.5 Å². The molecule has 0 unspecified atom stereocenters. The number of hydrogen-bond donors (Lipinski definition) is 2. The molecule has 0 atom stereocenters. The first-order chi connectivity index (χ1) is 6.88. The smallest absolute Gasteiger partial charge is 0.00698 e. The zero-order valence-corrected chi connectivity index (χ0v) is 10.3. The molecule has 0 saturated heterocycles. The Morgan fingerprint density at radius 1 is 0.867 bits per heavy atom. The maximum Gasteiger partial charge on any atom is 0.00698 e. The van der Waals surface area contributed by atoms with Gasteiger partial charge in [-0.25, -0.2) is 0 Å². The summed E-state index contributed by atoms with van der Waals surface area (Å²) in [5.74, 6) is 1.04. The summed E-state index contributed by atoms with van der Waals surface area (Å²) < 4.78 is 0. The van der Waals surface area contributed by atoms with Crippen molar-refractivity contribution >= 4 is 0 Å². The highest BCUT2D eigenvalue weighted by atomic mass is 15.0. The van der Waals surface area contributed by atoms with Crippen LogP contribution in [0.25, 0.3) is 0 Å². The molecule has 2 fully saturated rings. The lowest BCUT2D eigenvalue weighted by Crippen LogP contribution is -2.39. The maximum atomic E-state index is 3.86. The van der Waals surface area contributed by atoms with E-state index < -0.39 is 0 Å². The minimum atomic E-state index is 0. The Labute approximate surface area is 94.8 Å². The highest BCUT2D eigenvalue weighted by molar-refractivity contribution is 4.82. The Morgan fingerprint density at radius 2 is 1.40 bits per heavy atom. The van der Waals surface area contributed by atoms with E-state index in [1.807, 2.05) is 0 Å². The molecule has 0 radical (unpaired) electrons. The van der Waals surface area contributed by atoms with Crippen LogP contribution in [0.3, 0.4) is 0 Å². The van der Waals surface area contributed by atoms with Gasteiger partial charge in [0.2, 0.25) is 0 Å². The topological polar surface area (TPSA) is 47.0 Å². The lowest BCUT2D eigenvalue weighted by atomic mass is 9.84. The summed E-state index contributed by atoms with van der Waals surface area (Å²) in [5, 5.41) is 3.86. The number of nitrogens with one attached hydrogen (secondary N) is 1. The summed E-state index contributed by atoms with van der Waals surface area (Å²) in [6.07, 6.45) is 13.0. The van der Waals surface area contributed by atoms with Crippen molar-refractivity contribution in [3.8, 4) is 0 Å². The van der Waals surface area contributed by atoms with Crippen molar-refractivity contribution in [3.05, 3.63) is 0 Å². The highest BCUT2D eigenvalue weighted by Gasteiger charge is 2.23. The second-order valence-electron chi connectivity index (χ2n) is 5.27. The fourth-order valence-corrected chi connectivity index (χ4v) is 3.16. The summed E-state index contributed by atoms with van der Waals surface area (Å²) in [6.45, 7) is 2.34. The Kier molecular flexibility index (Phi) is 5.62. The lowest BCUT2D eigenvalue weighted by Gasteiger charge is -2.30. The van der Waals surface area contributed by atoms with Gasteiger partial charge in [-0.2, -0.15) is 0 Å². The van der Waals surface area contributed by atoms with Crippen LogP contribution in [0.2, 0.25) is 0 Å². The summed E-state index contributed by atoms with van der Waals surface area (Å²) in [4.78, 5) is 0. The van der Waals surface area contributed by atoms with Gasteiger partial charge in [0, 0.05) is 12.1 Å². The van der Waals surface area contributed by atoms with Crippen LogP contribution in [0.1, 0.15) is 64.7 Å². The summed E-state index contributed by atoms with van der Waals surface area (Å²) in [6, 6.07) is 1.74. The fourth-order valence-electron chi connectivity index (χ4n) is 3.16. The molecule has 15 heavy (non-hydrogen) atoms. The normalized spacial score (nSPS) is 32.6. The van der Waals surface area contributed by atoms with Crippen LogP contribution >= 0.6 is 0 Å². The van der Waals surface area contributed by atoms with Crippen LogP contribution in [-0.2, 0) is 0 Å². The molecule has 2 saturated carbocycles. The van der Waals surface area contributed by atoms with Crippen LogP contribution < -0.4 is 11.5 Å². The largest absolute Gasteiger partial charge is 0.344 e. The maximum absolute atomic E-state index is 3.86. The average Bonchev–Trinajstić information content (AvgIpc) is 2.72. The Bertz CT molecular complexity index is 156. The molecule has 2 rings (SSSR count). The second kappa shape index (κ2) is 6.49. The van der Waals surface area contributed by atoms with E-state index in [2.05, 4.69) is 12.2 Å². The van der Waals surface area contributed by atoms with Crippen molar-refractivity contribution < 1.29 is 0 Å². The van der Waals surface area contributed by atoms with Crippen molar-refractivity contribution in [2.75, 3.05) is 0 Å². The van der Waals surface area contributed by atoms with Crippen LogP contribution in [0.4, 0.5) is 0 Å². The molecule has 0 heterocycles. The molecule has 0 aromatic rings. The van der Waals surface area contributed by atoms with Crippen molar-refractivity contribution in [2.24, 2.45) is 5.92 Å². The van der Waals surface area contributed by atoms with Crippen molar-refractivity contribution in [3.63, 3.8) is 0 Å². The van der Waals surface area contributed by atoms with Gasteiger partial charge in [-0.1, -0.05) is 26.2 Å². The van der Waals surface area contributed by atoms with Gasteiger partial charge in [0.05, 0.1) is 0 Å². The average molecular weight is 212 g/mol. The van der Waals surface area contributed by atoms with E-state index in [0.29, 0.717) is 0 Å². The molecule has 0 aromatic carbocycles. The Hall–Kier alpha value is -0.0800. The van der Waals surface area contributed by atoms with Gasteiger partial charge >= 0.3 is 0 Å². The highest BCUT2D eigenvalue weighted by Crippen LogP contribution is 2.28. The summed E-state index contributed by atoms with van der Waals surface area (Å²) in [7, 11) is 0. The Morgan fingerprint density at radius 3 is 1.93 bits per heavy atom. The summed E-state index contributed by atoms with van der Waals surface area (Å²) in [5.41, 5.74) is 0. The molecule has 2 aliphatic carbocycles. The first-order valence-electron chi connectivity index (χ1n) is 6.64. The van der Waals surface area contributed by atoms with Crippen molar-refractivity contribution in [1.29, 1.82) is 0 Å². The predicted molar refractivity (Wildman–Crippen MR) is 66.5 cm³/mol. The van der Waals surface area contributed by atoms with E-state index in [1.165, 1.54) is 57.8 Å². The van der Waals surface area contributed by atoms with Gasteiger partial charge in [-0.15, -0.1) is 0 Å². The van der Waals surface area contributed by atoms with Gasteiger partial charge in [0.1, 0.15) is 0 Å². The molecule has 90 valence electrons. The van der Waals surface area contributed by atoms with E-state index >= 15 is 0 Å². The zero-order valence-electron chi connectivity index (χ0n) is 10.3. The fraction of sp³-hybridized carbons (Fsp3) is 1.00. The molecule has 0 bridgehead atoms. The van der Waals surface area contributed by atoms with Crippen molar-refractivity contribution in [2.45, 2.75) is 76.8 Å².